The monoisotopic (exact) mass is 255 g/mol. The molecule has 1 aromatic carbocycles. The molecule has 0 aliphatic heterocycles. The summed E-state index contributed by atoms with van der Waals surface area (Å²) >= 11 is 0. The van der Waals surface area contributed by atoms with Gasteiger partial charge in [0.25, 0.3) is 0 Å². The summed E-state index contributed by atoms with van der Waals surface area (Å²) < 4.78 is 8.00. The molecule has 0 bridgehead atoms. The van der Waals surface area contributed by atoms with Crippen molar-refractivity contribution in [2.75, 3.05) is 6.54 Å². The summed E-state index contributed by atoms with van der Waals surface area (Å²) in [5.74, 6) is 1.00. The normalized spacial score (nSPS) is 11.2. The number of furan rings is 1. The molecule has 0 spiro atoms. The van der Waals surface area contributed by atoms with E-state index in [9.17, 15) is 0 Å². The Bertz CT molecular complexity index is 655. The van der Waals surface area contributed by atoms with E-state index in [0.29, 0.717) is 0 Å². The van der Waals surface area contributed by atoms with Gasteiger partial charge in [0.2, 0.25) is 0 Å². The van der Waals surface area contributed by atoms with Crippen molar-refractivity contribution in [3.8, 4) is 0 Å². The molecule has 98 valence electrons. The SMILES string of the molecule is CCNCc1c(Cn2ccnc2)oc2ccccc12. The molecule has 2 aromatic heterocycles. The second-order valence-electron chi connectivity index (χ2n) is 4.52. The molecule has 1 N–H and O–H groups in total. The zero-order valence-electron chi connectivity index (χ0n) is 11.0. The van der Waals surface area contributed by atoms with Crippen LogP contribution >= 0.6 is 0 Å². The lowest BCUT2D eigenvalue weighted by atomic mass is 10.1. The first-order valence-corrected chi connectivity index (χ1v) is 6.54. The van der Waals surface area contributed by atoms with E-state index in [1.54, 1.807) is 6.20 Å². The predicted molar refractivity (Wildman–Crippen MR) is 74.9 cm³/mol. The van der Waals surface area contributed by atoms with Crippen molar-refractivity contribution in [3.05, 3.63) is 54.3 Å². The fraction of sp³-hybridized carbons (Fsp3) is 0.267. The third-order valence-electron chi connectivity index (χ3n) is 3.22. The van der Waals surface area contributed by atoms with Gasteiger partial charge >= 0.3 is 0 Å². The van der Waals surface area contributed by atoms with E-state index in [-0.39, 0.29) is 0 Å². The van der Waals surface area contributed by atoms with E-state index in [0.717, 1.165) is 31.0 Å². The van der Waals surface area contributed by atoms with Crippen LogP contribution in [0.1, 0.15) is 18.2 Å². The van der Waals surface area contributed by atoms with Gasteiger partial charge in [0.15, 0.2) is 0 Å². The van der Waals surface area contributed by atoms with Crippen molar-refractivity contribution in [3.63, 3.8) is 0 Å². The third-order valence-corrected chi connectivity index (χ3v) is 3.22. The van der Waals surface area contributed by atoms with Crippen molar-refractivity contribution in [2.24, 2.45) is 0 Å². The number of benzene rings is 1. The third kappa shape index (κ3) is 2.39. The Balaban J connectivity index is 2.01. The molecule has 0 aliphatic rings. The summed E-state index contributed by atoms with van der Waals surface area (Å²) in [5, 5.41) is 4.57. The lowest BCUT2D eigenvalue weighted by molar-refractivity contribution is 0.517. The fourth-order valence-electron chi connectivity index (χ4n) is 2.27. The molecule has 2 heterocycles. The van der Waals surface area contributed by atoms with Crippen molar-refractivity contribution in [1.82, 2.24) is 14.9 Å². The molecule has 4 heteroatoms. The Kier molecular flexibility index (Phi) is 3.33. The highest BCUT2D eigenvalue weighted by Crippen LogP contribution is 2.26. The summed E-state index contributed by atoms with van der Waals surface area (Å²) in [6, 6.07) is 8.18. The summed E-state index contributed by atoms with van der Waals surface area (Å²) in [5.41, 5.74) is 2.19. The van der Waals surface area contributed by atoms with Crippen molar-refractivity contribution < 1.29 is 4.42 Å². The van der Waals surface area contributed by atoms with Gasteiger partial charge < -0.3 is 14.3 Å². The molecule has 0 unspecified atom stereocenters. The molecule has 3 rings (SSSR count). The van der Waals surface area contributed by atoms with Gasteiger partial charge in [-0.2, -0.15) is 0 Å². The molecule has 0 atom stereocenters. The number of hydrogen-bond acceptors (Lipinski definition) is 3. The second kappa shape index (κ2) is 5.28. The Labute approximate surface area is 112 Å². The number of imidazole rings is 1. The van der Waals surface area contributed by atoms with Gasteiger partial charge in [0.1, 0.15) is 11.3 Å². The molecular formula is C15H17N3O. The van der Waals surface area contributed by atoms with Crippen LogP contribution in [0.4, 0.5) is 0 Å². The summed E-state index contributed by atoms with van der Waals surface area (Å²) in [4.78, 5) is 4.07. The first-order valence-electron chi connectivity index (χ1n) is 6.54. The summed E-state index contributed by atoms with van der Waals surface area (Å²) in [7, 11) is 0. The second-order valence-corrected chi connectivity index (χ2v) is 4.52. The maximum absolute atomic E-state index is 5.98. The van der Waals surface area contributed by atoms with Crippen molar-refractivity contribution >= 4 is 11.0 Å². The van der Waals surface area contributed by atoms with E-state index >= 15 is 0 Å². The highest BCUT2D eigenvalue weighted by Gasteiger charge is 2.13. The number of nitrogens with zero attached hydrogens (tertiary/aromatic N) is 2. The quantitative estimate of drug-likeness (QED) is 0.762. The Morgan fingerprint density at radius 1 is 1.32 bits per heavy atom. The summed E-state index contributed by atoms with van der Waals surface area (Å²) in [6.45, 7) is 4.61. The Morgan fingerprint density at radius 2 is 2.21 bits per heavy atom. The van der Waals surface area contributed by atoms with Crippen LogP contribution in [0.5, 0.6) is 0 Å². The predicted octanol–water partition coefficient (Wildman–Crippen LogP) is 2.79. The zero-order chi connectivity index (χ0) is 13.1. The standard InChI is InChI=1S/C15H17N3O/c1-2-16-9-13-12-5-3-4-6-14(12)19-15(13)10-18-8-7-17-11-18/h3-8,11,16H,2,9-10H2,1H3. The molecule has 0 fully saturated rings. The van der Waals surface area contributed by atoms with Crippen LogP contribution < -0.4 is 5.32 Å². The van der Waals surface area contributed by atoms with Gasteiger partial charge in [-0.25, -0.2) is 4.98 Å². The van der Waals surface area contributed by atoms with Crippen LogP contribution in [0, 0.1) is 0 Å². The van der Waals surface area contributed by atoms with Crippen LogP contribution in [-0.2, 0) is 13.1 Å². The Morgan fingerprint density at radius 3 is 3.00 bits per heavy atom. The number of aromatic nitrogens is 2. The fourth-order valence-corrected chi connectivity index (χ4v) is 2.27. The van der Waals surface area contributed by atoms with Gasteiger partial charge in [-0.05, 0) is 12.6 Å². The van der Waals surface area contributed by atoms with E-state index < -0.39 is 0 Å². The van der Waals surface area contributed by atoms with Crippen LogP contribution in [-0.4, -0.2) is 16.1 Å². The van der Waals surface area contributed by atoms with Gasteiger partial charge in [0, 0.05) is 29.9 Å². The maximum Gasteiger partial charge on any atom is 0.134 e. The zero-order valence-corrected chi connectivity index (χ0v) is 11.0. The first-order chi connectivity index (χ1) is 9.38. The minimum Gasteiger partial charge on any atom is -0.459 e. The highest BCUT2D eigenvalue weighted by molar-refractivity contribution is 5.82. The minimum atomic E-state index is 0.718. The van der Waals surface area contributed by atoms with Crippen LogP contribution in [0.25, 0.3) is 11.0 Å². The largest absolute Gasteiger partial charge is 0.459 e. The number of rotatable bonds is 5. The van der Waals surface area contributed by atoms with Crippen molar-refractivity contribution in [1.29, 1.82) is 0 Å². The molecule has 0 aliphatic carbocycles. The van der Waals surface area contributed by atoms with Crippen LogP contribution in [0.15, 0.2) is 47.4 Å². The van der Waals surface area contributed by atoms with E-state index in [2.05, 4.69) is 23.3 Å². The molecule has 0 saturated carbocycles. The number of nitrogens with one attached hydrogen (secondary N) is 1. The van der Waals surface area contributed by atoms with E-state index in [4.69, 9.17) is 4.42 Å². The topological polar surface area (TPSA) is 43.0 Å². The molecule has 0 saturated heterocycles. The first kappa shape index (κ1) is 12.0. The Hall–Kier alpha value is -2.07. The van der Waals surface area contributed by atoms with E-state index in [1.165, 1.54) is 10.9 Å². The molecule has 4 nitrogen and oxygen atoms in total. The maximum atomic E-state index is 5.98. The molecule has 0 amide bonds. The average molecular weight is 255 g/mol. The van der Waals surface area contributed by atoms with Crippen LogP contribution in [0.3, 0.4) is 0 Å². The minimum absolute atomic E-state index is 0.718. The van der Waals surface area contributed by atoms with Gasteiger partial charge in [0.05, 0.1) is 12.9 Å². The number of hydrogen-bond donors (Lipinski definition) is 1. The smallest absolute Gasteiger partial charge is 0.134 e. The van der Waals surface area contributed by atoms with Gasteiger partial charge in [-0.1, -0.05) is 25.1 Å². The lowest BCUT2D eigenvalue weighted by Gasteiger charge is -2.04. The number of para-hydroxylation sites is 1. The summed E-state index contributed by atoms with van der Waals surface area (Å²) in [6.07, 6.45) is 5.54. The van der Waals surface area contributed by atoms with Gasteiger partial charge in [-0.15, -0.1) is 0 Å². The highest BCUT2D eigenvalue weighted by atomic mass is 16.3. The molecule has 3 aromatic rings. The molecular weight excluding hydrogens is 238 g/mol. The van der Waals surface area contributed by atoms with E-state index in [1.807, 2.05) is 35.3 Å². The lowest BCUT2D eigenvalue weighted by Crippen LogP contribution is -2.13. The molecule has 0 radical (unpaired) electrons. The molecule has 19 heavy (non-hydrogen) atoms. The van der Waals surface area contributed by atoms with Gasteiger partial charge in [-0.3, -0.25) is 0 Å². The van der Waals surface area contributed by atoms with Crippen LogP contribution in [0.2, 0.25) is 0 Å². The van der Waals surface area contributed by atoms with Crippen molar-refractivity contribution in [2.45, 2.75) is 20.0 Å². The number of fused-ring (bicyclic) bond motifs is 1. The average Bonchev–Trinajstić information content (AvgIpc) is 3.04.